The van der Waals surface area contributed by atoms with Crippen LogP contribution in [-0.4, -0.2) is 32.2 Å². The summed E-state index contributed by atoms with van der Waals surface area (Å²) in [6.07, 6.45) is 0. The zero-order valence-electron chi connectivity index (χ0n) is 12.2. The Morgan fingerprint density at radius 2 is 1.78 bits per heavy atom. The van der Waals surface area contributed by atoms with E-state index in [4.69, 9.17) is 0 Å². The van der Waals surface area contributed by atoms with Crippen molar-refractivity contribution in [3.8, 4) is 0 Å². The number of nitrogens with one attached hydrogen (secondary N) is 1. The van der Waals surface area contributed by atoms with Gasteiger partial charge in [0.1, 0.15) is 11.6 Å². The van der Waals surface area contributed by atoms with Crippen LogP contribution in [0.25, 0.3) is 0 Å². The fourth-order valence-corrected chi connectivity index (χ4v) is 2.99. The number of rotatable bonds is 5. The molecule has 0 heterocycles. The molecule has 2 rings (SSSR count). The number of carbonyl (C=O) groups is 1. The van der Waals surface area contributed by atoms with Crippen LogP contribution in [0.15, 0.2) is 53.4 Å². The summed E-state index contributed by atoms with van der Waals surface area (Å²) in [7, 11) is -2.59. The van der Waals surface area contributed by atoms with Crippen LogP contribution in [0, 0.1) is 11.6 Å². The van der Waals surface area contributed by atoms with Crippen molar-refractivity contribution in [2.24, 2.45) is 0 Å². The highest BCUT2D eigenvalue weighted by molar-refractivity contribution is 7.89. The van der Waals surface area contributed by atoms with Gasteiger partial charge in [0.05, 0.1) is 17.1 Å². The highest BCUT2D eigenvalue weighted by Gasteiger charge is 2.23. The second-order valence-electron chi connectivity index (χ2n) is 4.75. The molecular weight excluding hydrogens is 326 g/mol. The summed E-state index contributed by atoms with van der Waals surface area (Å²) in [5, 5.41) is 2.21. The van der Waals surface area contributed by atoms with Crippen LogP contribution < -0.4 is 5.32 Å². The molecule has 0 atom stereocenters. The maximum atomic E-state index is 13.5. The minimum atomic E-state index is -3.82. The average molecular weight is 340 g/mol. The molecule has 2 aromatic rings. The molecule has 0 saturated heterocycles. The zero-order valence-corrected chi connectivity index (χ0v) is 13.0. The number of carbonyl (C=O) groups excluding carboxylic acids is 1. The van der Waals surface area contributed by atoms with E-state index in [9.17, 15) is 22.0 Å². The molecule has 2 aromatic carbocycles. The van der Waals surface area contributed by atoms with Crippen molar-refractivity contribution in [3.05, 3.63) is 60.2 Å². The third-order valence-electron chi connectivity index (χ3n) is 3.02. The molecule has 1 N–H and O–H groups in total. The van der Waals surface area contributed by atoms with Gasteiger partial charge in [0.15, 0.2) is 0 Å². The molecule has 5 nitrogen and oxygen atoms in total. The molecule has 23 heavy (non-hydrogen) atoms. The van der Waals surface area contributed by atoms with Crippen LogP contribution in [-0.2, 0) is 14.8 Å². The molecule has 0 spiro atoms. The molecular formula is C15H14F2N2O3S. The van der Waals surface area contributed by atoms with E-state index in [0.717, 1.165) is 16.4 Å². The van der Waals surface area contributed by atoms with Gasteiger partial charge in [-0.05, 0) is 24.3 Å². The lowest BCUT2D eigenvalue weighted by Gasteiger charge is -2.17. The number of nitrogens with zero attached hydrogens (tertiary/aromatic N) is 1. The van der Waals surface area contributed by atoms with Crippen molar-refractivity contribution in [2.75, 3.05) is 18.9 Å². The van der Waals surface area contributed by atoms with Gasteiger partial charge in [0.25, 0.3) is 0 Å². The molecule has 0 aliphatic carbocycles. The van der Waals surface area contributed by atoms with Gasteiger partial charge in [-0.1, -0.05) is 18.2 Å². The van der Waals surface area contributed by atoms with Crippen molar-refractivity contribution in [1.82, 2.24) is 4.31 Å². The summed E-state index contributed by atoms with van der Waals surface area (Å²) in [5.74, 6) is -2.45. The monoisotopic (exact) mass is 340 g/mol. The van der Waals surface area contributed by atoms with E-state index in [1.807, 2.05) is 0 Å². The minimum absolute atomic E-state index is 0.0447. The van der Waals surface area contributed by atoms with Crippen LogP contribution in [0.3, 0.4) is 0 Å². The maximum Gasteiger partial charge on any atom is 0.243 e. The van der Waals surface area contributed by atoms with Crippen LogP contribution >= 0.6 is 0 Å². The molecule has 0 saturated carbocycles. The molecule has 1 amide bonds. The second kappa shape index (κ2) is 6.84. The first-order valence-electron chi connectivity index (χ1n) is 6.57. The maximum absolute atomic E-state index is 13.5. The Bertz CT molecular complexity index is 811. The first-order chi connectivity index (χ1) is 10.8. The molecule has 122 valence electrons. The van der Waals surface area contributed by atoms with Crippen LogP contribution in [0.1, 0.15) is 0 Å². The first kappa shape index (κ1) is 17.0. The molecule has 0 unspecified atom stereocenters. The Labute approximate surface area is 132 Å². The summed E-state index contributed by atoms with van der Waals surface area (Å²) in [5.41, 5.74) is -0.220. The van der Waals surface area contributed by atoms with Gasteiger partial charge in [-0.15, -0.1) is 0 Å². The number of halogens is 2. The number of hydrogen-bond donors (Lipinski definition) is 1. The Balaban J connectivity index is 2.08. The number of hydrogen-bond acceptors (Lipinski definition) is 3. The van der Waals surface area contributed by atoms with Gasteiger partial charge < -0.3 is 5.32 Å². The molecule has 0 radical (unpaired) electrons. The largest absolute Gasteiger partial charge is 0.322 e. The van der Waals surface area contributed by atoms with Gasteiger partial charge in [0, 0.05) is 13.1 Å². The Hall–Kier alpha value is -2.32. The highest BCUT2D eigenvalue weighted by Crippen LogP contribution is 2.16. The quantitative estimate of drug-likeness (QED) is 0.908. The summed E-state index contributed by atoms with van der Waals surface area (Å²) < 4.78 is 51.6. The van der Waals surface area contributed by atoms with E-state index in [1.54, 1.807) is 18.2 Å². The van der Waals surface area contributed by atoms with Gasteiger partial charge in [-0.2, -0.15) is 4.31 Å². The summed E-state index contributed by atoms with van der Waals surface area (Å²) in [6, 6.07) is 10.3. The lowest BCUT2D eigenvalue weighted by Crippen LogP contribution is -2.35. The average Bonchev–Trinajstić information content (AvgIpc) is 2.51. The van der Waals surface area contributed by atoms with Crippen molar-refractivity contribution in [3.63, 3.8) is 0 Å². The number of likely N-dealkylation sites (N-methyl/N-ethyl adjacent to an activating group) is 1. The van der Waals surface area contributed by atoms with E-state index in [-0.39, 0.29) is 10.6 Å². The van der Waals surface area contributed by atoms with Gasteiger partial charge in [-0.25, -0.2) is 17.2 Å². The van der Waals surface area contributed by atoms with Crippen LogP contribution in [0.2, 0.25) is 0 Å². The van der Waals surface area contributed by atoms with Crippen molar-refractivity contribution in [2.45, 2.75) is 4.90 Å². The standard InChI is InChI=1S/C15H14F2N2O3S/c1-19(23(21,22)12-5-3-2-4-6-12)10-15(20)18-14-8-7-11(16)9-13(14)17/h2-9H,10H2,1H3,(H,18,20). The van der Waals surface area contributed by atoms with E-state index in [1.165, 1.54) is 19.2 Å². The number of benzene rings is 2. The summed E-state index contributed by atoms with van der Waals surface area (Å²) in [4.78, 5) is 11.9. The van der Waals surface area contributed by atoms with E-state index >= 15 is 0 Å². The molecule has 0 aliphatic rings. The normalized spacial score (nSPS) is 11.5. The lowest BCUT2D eigenvalue weighted by molar-refractivity contribution is -0.116. The molecule has 0 aromatic heterocycles. The smallest absolute Gasteiger partial charge is 0.243 e. The SMILES string of the molecule is CN(CC(=O)Nc1ccc(F)cc1F)S(=O)(=O)c1ccccc1. The first-order valence-corrected chi connectivity index (χ1v) is 8.01. The summed E-state index contributed by atoms with van der Waals surface area (Å²) in [6.45, 7) is -0.506. The predicted molar refractivity (Wildman–Crippen MR) is 81.2 cm³/mol. The molecule has 8 heteroatoms. The van der Waals surface area contributed by atoms with Crippen LogP contribution in [0.4, 0.5) is 14.5 Å². The molecule has 0 bridgehead atoms. The van der Waals surface area contributed by atoms with E-state index < -0.39 is 34.1 Å². The van der Waals surface area contributed by atoms with E-state index in [2.05, 4.69) is 5.32 Å². The Morgan fingerprint density at radius 3 is 2.39 bits per heavy atom. The van der Waals surface area contributed by atoms with Crippen LogP contribution in [0.5, 0.6) is 0 Å². The third kappa shape index (κ3) is 4.11. The van der Waals surface area contributed by atoms with Crippen molar-refractivity contribution in [1.29, 1.82) is 0 Å². The van der Waals surface area contributed by atoms with Crippen molar-refractivity contribution < 1.29 is 22.0 Å². The predicted octanol–water partition coefficient (Wildman–Crippen LogP) is 2.22. The fourth-order valence-electron chi connectivity index (χ4n) is 1.84. The highest BCUT2D eigenvalue weighted by atomic mass is 32.2. The van der Waals surface area contributed by atoms with Gasteiger partial charge >= 0.3 is 0 Å². The fraction of sp³-hybridized carbons (Fsp3) is 0.133. The lowest BCUT2D eigenvalue weighted by atomic mass is 10.3. The zero-order chi connectivity index (χ0) is 17.0. The Morgan fingerprint density at radius 1 is 1.13 bits per heavy atom. The molecule has 0 fully saturated rings. The number of sulfonamides is 1. The van der Waals surface area contributed by atoms with Gasteiger partial charge in [-0.3, -0.25) is 4.79 Å². The number of amides is 1. The Kier molecular flexibility index (Phi) is 5.07. The van der Waals surface area contributed by atoms with E-state index in [0.29, 0.717) is 6.07 Å². The third-order valence-corrected chi connectivity index (χ3v) is 4.84. The minimum Gasteiger partial charge on any atom is -0.322 e. The second-order valence-corrected chi connectivity index (χ2v) is 6.79. The summed E-state index contributed by atoms with van der Waals surface area (Å²) >= 11 is 0. The molecule has 0 aliphatic heterocycles. The van der Waals surface area contributed by atoms with Crippen molar-refractivity contribution >= 4 is 21.6 Å². The van der Waals surface area contributed by atoms with Gasteiger partial charge in [0.2, 0.25) is 15.9 Å². The topological polar surface area (TPSA) is 66.5 Å². The number of anilines is 1.